The number of rotatable bonds is 3. The lowest BCUT2D eigenvalue weighted by molar-refractivity contribution is 0.177. The summed E-state index contributed by atoms with van der Waals surface area (Å²) in [5.74, 6) is 0. The standard InChI is InChI=1S/C8H10ClN3O4S/c1-5-3-4-10-7(9)6(5)11-17(14,15)12-8(13)16-2/h3-4,11H,1-2H3,(H,12,13). The monoisotopic (exact) mass is 279 g/mol. The van der Waals surface area contributed by atoms with E-state index in [9.17, 15) is 13.2 Å². The van der Waals surface area contributed by atoms with E-state index in [1.165, 1.54) is 6.20 Å². The average Bonchev–Trinajstić information content (AvgIpc) is 2.23. The minimum Gasteiger partial charge on any atom is -0.452 e. The van der Waals surface area contributed by atoms with Crippen molar-refractivity contribution in [1.82, 2.24) is 9.71 Å². The van der Waals surface area contributed by atoms with Crippen LogP contribution < -0.4 is 9.44 Å². The average molecular weight is 280 g/mol. The van der Waals surface area contributed by atoms with Gasteiger partial charge in [-0.3, -0.25) is 4.72 Å². The number of aromatic nitrogens is 1. The number of nitrogens with one attached hydrogen (secondary N) is 2. The number of halogens is 1. The predicted molar refractivity (Wildman–Crippen MR) is 62.1 cm³/mol. The van der Waals surface area contributed by atoms with Gasteiger partial charge in [-0.1, -0.05) is 11.6 Å². The van der Waals surface area contributed by atoms with Crippen molar-refractivity contribution in [2.24, 2.45) is 0 Å². The molecule has 0 saturated carbocycles. The van der Waals surface area contributed by atoms with Crippen molar-refractivity contribution in [3.05, 3.63) is 23.0 Å². The number of pyridine rings is 1. The van der Waals surface area contributed by atoms with E-state index in [2.05, 4.69) is 14.4 Å². The van der Waals surface area contributed by atoms with Crippen LogP contribution in [0.4, 0.5) is 10.5 Å². The van der Waals surface area contributed by atoms with E-state index in [1.54, 1.807) is 17.7 Å². The minimum absolute atomic E-state index is 0.0137. The molecule has 2 N–H and O–H groups in total. The molecule has 0 fully saturated rings. The van der Waals surface area contributed by atoms with Crippen LogP contribution >= 0.6 is 11.6 Å². The molecule has 0 aliphatic carbocycles. The third-order valence-electron chi connectivity index (χ3n) is 1.75. The van der Waals surface area contributed by atoms with E-state index in [-0.39, 0.29) is 10.8 Å². The molecule has 1 aromatic rings. The fourth-order valence-corrected chi connectivity index (χ4v) is 2.15. The van der Waals surface area contributed by atoms with Crippen LogP contribution in [0.2, 0.25) is 5.15 Å². The Labute approximate surface area is 103 Å². The summed E-state index contributed by atoms with van der Waals surface area (Å²) in [6.45, 7) is 1.64. The van der Waals surface area contributed by atoms with Gasteiger partial charge in [0.05, 0.1) is 12.8 Å². The highest BCUT2D eigenvalue weighted by Crippen LogP contribution is 2.23. The summed E-state index contributed by atoms with van der Waals surface area (Å²) in [4.78, 5) is 14.5. The topological polar surface area (TPSA) is 97.4 Å². The molecule has 0 aliphatic rings. The fraction of sp³-hybridized carbons (Fsp3) is 0.250. The first-order chi connectivity index (χ1) is 7.85. The molecule has 0 saturated heterocycles. The van der Waals surface area contributed by atoms with Crippen molar-refractivity contribution in [3.63, 3.8) is 0 Å². The number of nitrogens with zero attached hydrogens (tertiary/aromatic N) is 1. The second kappa shape index (κ2) is 5.19. The van der Waals surface area contributed by atoms with Gasteiger partial charge in [-0.05, 0) is 18.6 Å². The molecule has 7 nitrogen and oxygen atoms in total. The van der Waals surface area contributed by atoms with Gasteiger partial charge in [0.25, 0.3) is 0 Å². The lowest BCUT2D eigenvalue weighted by atomic mass is 10.3. The molecular weight excluding hydrogens is 270 g/mol. The first-order valence-corrected chi connectivity index (χ1v) is 6.21. The van der Waals surface area contributed by atoms with Crippen molar-refractivity contribution < 1.29 is 17.9 Å². The van der Waals surface area contributed by atoms with Gasteiger partial charge in [0.15, 0.2) is 5.15 Å². The van der Waals surface area contributed by atoms with E-state index >= 15 is 0 Å². The number of hydrogen-bond acceptors (Lipinski definition) is 5. The van der Waals surface area contributed by atoms with Gasteiger partial charge < -0.3 is 4.74 Å². The molecule has 0 unspecified atom stereocenters. The van der Waals surface area contributed by atoms with E-state index in [1.807, 2.05) is 0 Å². The minimum atomic E-state index is -4.09. The Morgan fingerprint density at radius 1 is 1.53 bits per heavy atom. The zero-order valence-electron chi connectivity index (χ0n) is 9.02. The number of aryl methyl sites for hydroxylation is 1. The molecule has 0 aliphatic heterocycles. The second-order valence-corrected chi connectivity index (χ2v) is 4.77. The molecule has 1 amide bonds. The van der Waals surface area contributed by atoms with Crippen LogP contribution in [0.15, 0.2) is 12.3 Å². The summed E-state index contributed by atoms with van der Waals surface area (Å²) in [6.07, 6.45) is 0.332. The van der Waals surface area contributed by atoms with Gasteiger partial charge in [0, 0.05) is 6.20 Å². The van der Waals surface area contributed by atoms with Crippen LogP contribution in [0.5, 0.6) is 0 Å². The first-order valence-electron chi connectivity index (χ1n) is 4.35. The maximum absolute atomic E-state index is 11.5. The zero-order valence-corrected chi connectivity index (χ0v) is 10.6. The summed E-state index contributed by atoms with van der Waals surface area (Å²) in [5.41, 5.74) is 0.672. The van der Waals surface area contributed by atoms with Crippen molar-refractivity contribution in [2.75, 3.05) is 11.8 Å². The fourth-order valence-electron chi connectivity index (χ4n) is 0.959. The van der Waals surface area contributed by atoms with Crippen LogP contribution in [0.3, 0.4) is 0 Å². The summed E-state index contributed by atoms with van der Waals surface area (Å²) in [5, 5.41) is -0.0137. The maximum atomic E-state index is 11.5. The van der Waals surface area contributed by atoms with Gasteiger partial charge in [-0.2, -0.15) is 8.42 Å². The number of carbonyl (C=O) groups excluding carboxylic acids is 1. The quantitative estimate of drug-likeness (QED) is 0.806. The Balaban J connectivity index is 2.95. The van der Waals surface area contributed by atoms with Crippen LogP contribution in [-0.4, -0.2) is 26.6 Å². The molecule has 0 radical (unpaired) electrons. The highest BCUT2D eigenvalue weighted by atomic mass is 35.5. The van der Waals surface area contributed by atoms with Crippen LogP contribution in [0, 0.1) is 6.92 Å². The van der Waals surface area contributed by atoms with Crippen molar-refractivity contribution >= 4 is 33.6 Å². The summed E-state index contributed by atoms with van der Waals surface area (Å²) in [6, 6.07) is 1.57. The molecule has 9 heteroatoms. The number of hydrogen-bond donors (Lipinski definition) is 2. The highest BCUT2D eigenvalue weighted by Gasteiger charge is 2.17. The Kier molecular flexibility index (Phi) is 4.13. The lowest BCUT2D eigenvalue weighted by Crippen LogP contribution is -2.35. The molecule has 94 valence electrons. The normalized spacial score (nSPS) is 10.8. The molecular formula is C8H10ClN3O4S. The van der Waals surface area contributed by atoms with E-state index in [0.29, 0.717) is 5.56 Å². The predicted octanol–water partition coefficient (Wildman–Crippen LogP) is 1.06. The van der Waals surface area contributed by atoms with E-state index < -0.39 is 16.3 Å². The summed E-state index contributed by atoms with van der Waals surface area (Å²) in [7, 11) is -3.04. The molecule has 1 rings (SSSR count). The maximum Gasteiger partial charge on any atom is 0.422 e. The molecule has 17 heavy (non-hydrogen) atoms. The van der Waals surface area contributed by atoms with Crippen LogP contribution in [-0.2, 0) is 14.9 Å². The Morgan fingerprint density at radius 3 is 2.71 bits per heavy atom. The summed E-state index contributed by atoms with van der Waals surface area (Å²) >= 11 is 5.72. The van der Waals surface area contributed by atoms with Gasteiger partial charge in [-0.25, -0.2) is 14.5 Å². The largest absolute Gasteiger partial charge is 0.452 e. The molecule has 0 atom stereocenters. The van der Waals surface area contributed by atoms with Crippen LogP contribution in [0.25, 0.3) is 0 Å². The molecule has 1 heterocycles. The van der Waals surface area contributed by atoms with Gasteiger partial charge >= 0.3 is 16.3 Å². The molecule has 0 bridgehead atoms. The van der Waals surface area contributed by atoms with Crippen molar-refractivity contribution in [3.8, 4) is 0 Å². The Hall–Kier alpha value is -1.54. The Morgan fingerprint density at radius 2 is 2.18 bits per heavy atom. The lowest BCUT2D eigenvalue weighted by Gasteiger charge is -2.11. The van der Waals surface area contributed by atoms with E-state index in [4.69, 9.17) is 11.6 Å². The number of amides is 1. The number of anilines is 1. The zero-order chi connectivity index (χ0) is 13.1. The van der Waals surface area contributed by atoms with Crippen molar-refractivity contribution in [1.29, 1.82) is 0 Å². The van der Waals surface area contributed by atoms with Gasteiger partial charge in [0.2, 0.25) is 0 Å². The molecule has 0 spiro atoms. The van der Waals surface area contributed by atoms with E-state index in [0.717, 1.165) is 7.11 Å². The number of carbonyl (C=O) groups is 1. The molecule has 0 aromatic carbocycles. The SMILES string of the molecule is COC(=O)NS(=O)(=O)Nc1c(C)ccnc1Cl. The highest BCUT2D eigenvalue weighted by molar-refractivity contribution is 7.91. The summed E-state index contributed by atoms with van der Waals surface area (Å²) < 4.78 is 30.8. The van der Waals surface area contributed by atoms with Gasteiger partial charge in [-0.15, -0.1) is 0 Å². The number of methoxy groups -OCH3 is 1. The number of ether oxygens (including phenoxy) is 1. The third kappa shape index (κ3) is 3.75. The first kappa shape index (κ1) is 13.5. The van der Waals surface area contributed by atoms with Gasteiger partial charge in [0.1, 0.15) is 0 Å². The van der Waals surface area contributed by atoms with Crippen LogP contribution in [0.1, 0.15) is 5.56 Å². The van der Waals surface area contributed by atoms with Crippen molar-refractivity contribution in [2.45, 2.75) is 6.92 Å². The third-order valence-corrected chi connectivity index (χ3v) is 2.95. The Bertz CT molecular complexity index is 511. The smallest absolute Gasteiger partial charge is 0.422 e. The molecule has 1 aromatic heterocycles. The second-order valence-electron chi connectivity index (χ2n) is 2.99.